The zero-order chi connectivity index (χ0) is 23.9. The molecule has 0 fully saturated rings. The molecule has 32 heavy (non-hydrogen) atoms. The SMILES string of the molecule is COc1cc(/C=C/C(=O)/C=C/c2ccc(OS(N)(=O)=O)c(OC)c2)ccc1OS(N)(=O)=O. The number of carbonyl (C=O) groups excluding carboxylic acids is 1. The molecule has 0 aliphatic heterocycles. The van der Waals surface area contributed by atoms with Crippen molar-refractivity contribution in [2.75, 3.05) is 14.2 Å². The van der Waals surface area contributed by atoms with E-state index in [1.807, 2.05) is 0 Å². The normalized spacial score (nSPS) is 12.1. The van der Waals surface area contributed by atoms with Gasteiger partial charge in [0.2, 0.25) is 0 Å². The molecule has 172 valence electrons. The highest BCUT2D eigenvalue weighted by Crippen LogP contribution is 2.30. The molecule has 0 bridgehead atoms. The molecule has 0 aliphatic carbocycles. The number of ether oxygens (including phenoxy) is 2. The molecule has 13 heteroatoms. The van der Waals surface area contributed by atoms with Crippen LogP contribution < -0.4 is 28.1 Å². The Kier molecular flexibility index (Phi) is 7.99. The number of carbonyl (C=O) groups is 1. The molecule has 0 saturated carbocycles. The lowest BCUT2D eigenvalue weighted by atomic mass is 10.1. The average Bonchev–Trinajstić information content (AvgIpc) is 2.70. The Labute approximate surface area is 185 Å². The standard InChI is InChI=1S/C19H20N2O9S2/c1-27-18-11-13(5-9-16(18)29-31(20,23)24)3-7-15(22)8-4-14-6-10-17(19(12-14)28-2)30-32(21,25)26/h3-12H,1-2H3,(H2,20,23,24)(H2,21,25,26)/b7-3+,8-4+. The van der Waals surface area contributed by atoms with Crippen molar-refractivity contribution in [1.29, 1.82) is 0 Å². The van der Waals surface area contributed by atoms with E-state index < -0.39 is 20.6 Å². The van der Waals surface area contributed by atoms with Crippen molar-refractivity contribution in [1.82, 2.24) is 0 Å². The molecule has 0 heterocycles. The van der Waals surface area contributed by atoms with Crippen LogP contribution in [0.2, 0.25) is 0 Å². The fourth-order valence-electron chi connectivity index (χ4n) is 2.38. The molecule has 0 radical (unpaired) electrons. The van der Waals surface area contributed by atoms with E-state index in [0.29, 0.717) is 11.1 Å². The van der Waals surface area contributed by atoms with Crippen molar-refractivity contribution < 1.29 is 39.5 Å². The maximum Gasteiger partial charge on any atom is 0.380 e. The van der Waals surface area contributed by atoms with Gasteiger partial charge >= 0.3 is 20.6 Å². The second-order valence-electron chi connectivity index (χ2n) is 6.04. The minimum atomic E-state index is -4.21. The van der Waals surface area contributed by atoms with Gasteiger partial charge < -0.3 is 17.8 Å². The Hall–Kier alpha value is -3.39. The van der Waals surface area contributed by atoms with Crippen LogP contribution in [0.1, 0.15) is 11.1 Å². The largest absolute Gasteiger partial charge is 0.493 e. The number of benzene rings is 2. The van der Waals surface area contributed by atoms with Crippen LogP contribution >= 0.6 is 0 Å². The Morgan fingerprint density at radius 2 is 1.09 bits per heavy atom. The molecule has 0 aromatic heterocycles. The Morgan fingerprint density at radius 3 is 1.41 bits per heavy atom. The zero-order valence-corrected chi connectivity index (χ0v) is 18.6. The van der Waals surface area contributed by atoms with Crippen molar-refractivity contribution >= 4 is 38.5 Å². The van der Waals surface area contributed by atoms with E-state index in [0.717, 1.165) is 0 Å². The molecule has 0 saturated heterocycles. The molecular formula is C19H20N2O9S2. The number of allylic oxidation sites excluding steroid dienone is 2. The summed E-state index contributed by atoms with van der Waals surface area (Å²) in [6.45, 7) is 0. The summed E-state index contributed by atoms with van der Waals surface area (Å²) in [6, 6.07) is 8.60. The molecule has 0 aliphatic rings. The quantitative estimate of drug-likeness (QED) is 0.469. The van der Waals surface area contributed by atoms with Gasteiger partial charge in [-0.1, -0.05) is 24.3 Å². The second-order valence-corrected chi connectivity index (χ2v) is 8.35. The number of ketones is 1. The van der Waals surface area contributed by atoms with E-state index in [1.54, 1.807) is 0 Å². The highest BCUT2D eigenvalue weighted by atomic mass is 32.2. The molecule has 0 unspecified atom stereocenters. The monoisotopic (exact) mass is 484 g/mol. The summed E-state index contributed by atoms with van der Waals surface area (Å²) in [6.07, 6.45) is 5.53. The molecule has 4 N–H and O–H groups in total. The lowest BCUT2D eigenvalue weighted by Gasteiger charge is -2.09. The van der Waals surface area contributed by atoms with Crippen molar-refractivity contribution in [3.8, 4) is 23.0 Å². The molecule has 0 amide bonds. The lowest BCUT2D eigenvalue weighted by molar-refractivity contribution is -0.110. The summed E-state index contributed by atoms with van der Waals surface area (Å²) in [5.74, 6) is -0.335. The summed E-state index contributed by atoms with van der Waals surface area (Å²) >= 11 is 0. The molecule has 2 aromatic carbocycles. The average molecular weight is 485 g/mol. The van der Waals surface area contributed by atoms with E-state index in [2.05, 4.69) is 8.37 Å². The van der Waals surface area contributed by atoms with Gasteiger partial charge in [-0.05, 0) is 47.5 Å². The van der Waals surface area contributed by atoms with Gasteiger partial charge in [0.25, 0.3) is 0 Å². The maximum absolute atomic E-state index is 12.1. The Morgan fingerprint density at radius 1 is 0.719 bits per heavy atom. The molecule has 2 rings (SSSR count). The number of rotatable bonds is 10. The van der Waals surface area contributed by atoms with Crippen LogP contribution in [0.5, 0.6) is 23.0 Å². The first-order chi connectivity index (χ1) is 14.9. The van der Waals surface area contributed by atoms with Gasteiger partial charge in [0.1, 0.15) is 0 Å². The third-order valence-electron chi connectivity index (χ3n) is 3.67. The number of hydrogen-bond acceptors (Lipinski definition) is 9. The van der Waals surface area contributed by atoms with Crippen LogP contribution in [0.3, 0.4) is 0 Å². The van der Waals surface area contributed by atoms with Crippen molar-refractivity contribution in [2.24, 2.45) is 10.3 Å². The summed E-state index contributed by atoms with van der Waals surface area (Å²) < 4.78 is 63.6. The molecular weight excluding hydrogens is 464 g/mol. The number of methoxy groups -OCH3 is 2. The van der Waals surface area contributed by atoms with Crippen molar-refractivity contribution in [2.45, 2.75) is 0 Å². The smallest absolute Gasteiger partial charge is 0.380 e. The number of hydrogen-bond donors (Lipinski definition) is 2. The summed E-state index contributed by atoms with van der Waals surface area (Å²) in [7, 11) is -5.79. The topological polar surface area (TPSA) is 174 Å². The van der Waals surface area contributed by atoms with Crippen LogP contribution in [-0.2, 0) is 25.4 Å². The molecule has 0 spiro atoms. The zero-order valence-electron chi connectivity index (χ0n) is 16.9. The van der Waals surface area contributed by atoms with E-state index in [-0.39, 0.29) is 28.8 Å². The number of nitrogens with two attached hydrogens (primary N) is 2. The first-order valence-electron chi connectivity index (χ1n) is 8.61. The summed E-state index contributed by atoms with van der Waals surface area (Å²) in [5.41, 5.74) is 1.08. The predicted octanol–water partition coefficient (Wildman–Crippen LogP) is 1.16. The van der Waals surface area contributed by atoms with Crippen LogP contribution in [0.15, 0.2) is 48.6 Å². The van der Waals surface area contributed by atoms with Gasteiger partial charge in [0.05, 0.1) is 14.2 Å². The summed E-state index contributed by atoms with van der Waals surface area (Å²) in [4.78, 5) is 12.1. The minimum Gasteiger partial charge on any atom is -0.493 e. The highest BCUT2D eigenvalue weighted by molar-refractivity contribution is 7.85. The van der Waals surface area contributed by atoms with E-state index >= 15 is 0 Å². The van der Waals surface area contributed by atoms with E-state index in [9.17, 15) is 21.6 Å². The predicted molar refractivity (Wildman–Crippen MR) is 117 cm³/mol. The molecule has 2 aromatic rings. The fourth-order valence-corrected chi connectivity index (χ4v) is 3.15. The second kappa shape index (κ2) is 10.3. The minimum absolute atomic E-state index is 0.0952. The van der Waals surface area contributed by atoms with E-state index in [4.69, 9.17) is 19.8 Å². The third kappa shape index (κ3) is 8.03. The Bertz CT molecular complexity index is 1170. The van der Waals surface area contributed by atoms with Crippen LogP contribution in [0, 0.1) is 0 Å². The highest BCUT2D eigenvalue weighted by Gasteiger charge is 2.12. The molecule has 0 atom stereocenters. The van der Waals surface area contributed by atoms with Gasteiger partial charge in [-0.25, -0.2) is 0 Å². The third-order valence-corrected chi connectivity index (χ3v) is 4.49. The molecule has 11 nitrogen and oxygen atoms in total. The van der Waals surface area contributed by atoms with Crippen molar-refractivity contribution in [3.63, 3.8) is 0 Å². The van der Waals surface area contributed by atoms with Gasteiger partial charge in [0, 0.05) is 0 Å². The van der Waals surface area contributed by atoms with Crippen LogP contribution in [0.25, 0.3) is 12.2 Å². The maximum atomic E-state index is 12.1. The first kappa shape index (κ1) is 24.9. The van der Waals surface area contributed by atoms with Crippen LogP contribution in [-0.4, -0.2) is 36.8 Å². The lowest BCUT2D eigenvalue weighted by Crippen LogP contribution is -2.19. The van der Waals surface area contributed by atoms with Crippen LogP contribution in [0.4, 0.5) is 0 Å². The van der Waals surface area contributed by atoms with Gasteiger partial charge in [-0.15, -0.1) is 0 Å². The first-order valence-corrected chi connectivity index (χ1v) is 11.5. The van der Waals surface area contributed by atoms with Gasteiger partial charge in [-0.3, -0.25) is 4.79 Å². The fraction of sp³-hybridized carbons (Fsp3) is 0.105. The Balaban J connectivity index is 2.13. The van der Waals surface area contributed by atoms with Gasteiger partial charge in [0.15, 0.2) is 28.8 Å². The van der Waals surface area contributed by atoms with Gasteiger partial charge in [-0.2, -0.15) is 27.1 Å². The van der Waals surface area contributed by atoms with Crippen molar-refractivity contribution in [3.05, 3.63) is 59.7 Å². The van der Waals surface area contributed by atoms with E-state index in [1.165, 1.54) is 74.9 Å². The summed E-state index contributed by atoms with van der Waals surface area (Å²) in [5, 5.41) is 9.69.